The van der Waals surface area contributed by atoms with Gasteiger partial charge in [-0.15, -0.1) is 0 Å². The molecule has 1 unspecified atom stereocenters. The van der Waals surface area contributed by atoms with Gasteiger partial charge in [-0.25, -0.2) is 4.39 Å². The van der Waals surface area contributed by atoms with Crippen LogP contribution < -0.4 is 0 Å². The first-order valence-electron chi connectivity index (χ1n) is 2.84. The van der Waals surface area contributed by atoms with Gasteiger partial charge in [-0.2, -0.15) is 0 Å². The van der Waals surface area contributed by atoms with Gasteiger partial charge in [0.2, 0.25) is 0 Å². The monoisotopic (exact) mass is 344 g/mol. The van der Waals surface area contributed by atoms with Gasteiger partial charge in [0.25, 0.3) is 0 Å². The maximum Gasteiger partial charge on any atom is 0.181 e. The summed E-state index contributed by atoms with van der Waals surface area (Å²) in [6, 6.07) is 5.32. The maximum atomic E-state index is 12.7. The van der Waals surface area contributed by atoms with Crippen molar-refractivity contribution in [2.75, 3.05) is 0 Å². The summed E-state index contributed by atoms with van der Waals surface area (Å²) in [7, 11) is 0. The van der Waals surface area contributed by atoms with E-state index in [0.717, 1.165) is 8.95 Å². The van der Waals surface area contributed by atoms with E-state index in [0.29, 0.717) is 5.56 Å². The molecule has 11 heavy (non-hydrogen) atoms. The van der Waals surface area contributed by atoms with Crippen LogP contribution in [0, 0.1) is 0 Å². The highest BCUT2D eigenvalue weighted by Gasteiger charge is 2.08. The second-order valence-electron chi connectivity index (χ2n) is 1.97. The number of alkyl halides is 2. The average molecular weight is 347 g/mol. The van der Waals surface area contributed by atoms with Crippen molar-refractivity contribution in [2.45, 2.75) is 5.08 Å². The average Bonchev–Trinajstić information content (AvgIpc) is 1.85. The molecule has 60 valence electrons. The second kappa shape index (κ2) is 4.01. The Kier molecular flexibility index (Phi) is 3.52. The van der Waals surface area contributed by atoms with Crippen LogP contribution in [-0.4, -0.2) is 0 Å². The van der Waals surface area contributed by atoms with Gasteiger partial charge in [0.15, 0.2) is 5.08 Å². The summed E-state index contributed by atoms with van der Waals surface area (Å²) in [5.74, 6) is 0. The Hall–Kier alpha value is 0.590. The normalized spacial score (nSPS) is 13.1. The van der Waals surface area contributed by atoms with Crippen LogP contribution >= 0.6 is 47.8 Å². The van der Waals surface area contributed by atoms with Gasteiger partial charge in [0.1, 0.15) is 0 Å². The molecule has 0 saturated heterocycles. The molecule has 0 aromatic heterocycles. The van der Waals surface area contributed by atoms with Crippen molar-refractivity contribution in [3.05, 3.63) is 32.7 Å². The quantitative estimate of drug-likeness (QED) is 0.653. The van der Waals surface area contributed by atoms with E-state index in [1.54, 1.807) is 12.1 Å². The number of rotatable bonds is 1. The Bertz CT molecular complexity index is 260. The number of benzene rings is 1. The summed E-state index contributed by atoms with van der Waals surface area (Å²) in [6.07, 6.45) is 0. The van der Waals surface area contributed by atoms with E-state index in [9.17, 15) is 4.39 Å². The van der Waals surface area contributed by atoms with Crippen molar-refractivity contribution < 1.29 is 4.39 Å². The van der Waals surface area contributed by atoms with Crippen LogP contribution in [0.5, 0.6) is 0 Å². The van der Waals surface area contributed by atoms with Crippen molar-refractivity contribution >= 4 is 47.8 Å². The molecule has 0 N–H and O–H groups in total. The second-order valence-corrected chi connectivity index (χ2v) is 4.54. The fraction of sp³-hybridized carbons (Fsp3) is 0.143. The molecule has 0 aliphatic heterocycles. The Morgan fingerprint density at radius 2 is 1.91 bits per heavy atom. The fourth-order valence-electron chi connectivity index (χ4n) is 0.678. The summed E-state index contributed by atoms with van der Waals surface area (Å²) in [4.78, 5) is 0. The molecule has 1 aromatic carbocycles. The van der Waals surface area contributed by atoms with Crippen LogP contribution in [0.15, 0.2) is 27.1 Å². The zero-order valence-electron chi connectivity index (χ0n) is 5.32. The minimum Gasteiger partial charge on any atom is -0.230 e. The lowest BCUT2D eigenvalue weighted by Gasteiger charge is -2.03. The summed E-state index contributed by atoms with van der Waals surface area (Å²) in [5.41, 5.74) is 0.605. The van der Waals surface area contributed by atoms with Crippen molar-refractivity contribution in [1.29, 1.82) is 0 Å². The number of halogens is 4. The first-order chi connectivity index (χ1) is 5.11. The topological polar surface area (TPSA) is 0 Å². The Morgan fingerprint density at radius 1 is 1.27 bits per heavy atom. The lowest BCUT2D eigenvalue weighted by atomic mass is 10.2. The largest absolute Gasteiger partial charge is 0.230 e. The molecule has 0 radical (unpaired) electrons. The van der Waals surface area contributed by atoms with Gasteiger partial charge in [0, 0.05) is 14.5 Å². The van der Waals surface area contributed by atoms with E-state index in [1.165, 1.54) is 0 Å². The van der Waals surface area contributed by atoms with Crippen LogP contribution in [0.2, 0.25) is 0 Å². The Balaban J connectivity index is 3.09. The third-order valence-corrected chi connectivity index (χ3v) is 2.87. The van der Waals surface area contributed by atoms with E-state index in [1.807, 2.05) is 6.07 Å². The van der Waals surface area contributed by atoms with Crippen molar-refractivity contribution in [3.8, 4) is 0 Å². The van der Waals surface area contributed by atoms with Gasteiger partial charge in [0.05, 0.1) is 0 Å². The summed E-state index contributed by atoms with van der Waals surface area (Å²) < 4.78 is 14.4. The molecule has 0 amide bonds. The molecular formula is C7H4Br3F. The van der Waals surface area contributed by atoms with E-state index in [2.05, 4.69) is 47.8 Å². The standard InChI is InChI=1S/C7H4Br3F/c8-4-1-2-5(7(10)11)6(9)3-4/h1-3,7H. The van der Waals surface area contributed by atoms with Crippen LogP contribution in [-0.2, 0) is 0 Å². The predicted molar refractivity (Wildman–Crippen MR) is 54.6 cm³/mol. The van der Waals surface area contributed by atoms with Crippen LogP contribution in [0.4, 0.5) is 4.39 Å². The molecule has 0 aliphatic rings. The molecule has 0 saturated carbocycles. The van der Waals surface area contributed by atoms with E-state index < -0.39 is 5.08 Å². The van der Waals surface area contributed by atoms with E-state index in [-0.39, 0.29) is 0 Å². The number of hydrogen-bond donors (Lipinski definition) is 0. The first kappa shape index (κ1) is 9.68. The van der Waals surface area contributed by atoms with Crippen molar-refractivity contribution in [3.63, 3.8) is 0 Å². The predicted octanol–water partition coefficient (Wildman–Crippen LogP) is 4.57. The van der Waals surface area contributed by atoms with Gasteiger partial charge < -0.3 is 0 Å². The van der Waals surface area contributed by atoms with E-state index in [4.69, 9.17) is 0 Å². The zero-order chi connectivity index (χ0) is 8.43. The molecule has 0 heterocycles. The molecular weight excluding hydrogens is 343 g/mol. The fourth-order valence-corrected chi connectivity index (χ4v) is 2.63. The highest BCUT2D eigenvalue weighted by molar-refractivity contribution is 9.11. The van der Waals surface area contributed by atoms with Crippen molar-refractivity contribution in [1.82, 2.24) is 0 Å². The summed E-state index contributed by atoms with van der Waals surface area (Å²) in [6.45, 7) is 0. The van der Waals surface area contributed by atoms with Crippen LogP contribution in [0.3, 0.4) is 0 Å². The highest BCUT2D eigenvalue weighted by atomic mass is 79.9. The number of hydrogen-bond acceptors (Lipinski definition) is 0. The minimum absolute atomic E-state index is 0.605. The zero-order valence-corrected chi connectivity index (χ0v) is 10.1. The highest BCUT2D eigenvalue weighted by Crippen LogP contribution is 2.32. The SMILES string of the molecule is FC(Br)c1ccc(Br)cc1Br. The molecule has 4 heteroatoms. The molecule has 1 aromatic rings. The van der Waals surface area contributed by atoms with Crippen molar-refractivity contribution in [2.24, 2.45) is 0 Å². The molecule has 0 nitrogen and oxygen atoms in total. The minimum atomic E-state index is -1.11. The smallest absolute Gasteiger partial charge is 0.181 e. The molecule has 0 spiro atoms. The molecule has 1 rings (SSSR count). The van der Waals surface area contributed by atoms with Gasteiger partial charge >= 0.3 is 0 Å². The van der Waals surface area contributed by atoms with E-state index >= 15 is 0 Å². The van der Waals surface area contributed by atoms with Crippen LogP contribution in [0.1, 0.15) is 10.6 Å². The third kappa shape index (κ3) is 2.53. The molecule has 1 atom stereocenters. The molecule has 0 fully saturated rings. The third-order valence-electron chi connectivity index (χ3n) is 1.20. The van der Waals surface area contributed by atoms with Gasteiger partial charge in [-0.3, -0.25) is 0 Å². The summed E-state index contributed by atoms with van der Waals surface area (Å²) in [5, 5.41) is -1.11. The van der Waals surface area contributed by atoms with Gasteiger partial charge in [-0.1, -0.05) is 37.9 Å². The Labute approximate surface area is 89.6 Å². The lowest BCUT2D eigenvalue weighted by Crippen LogP contribution is -1.83. The maximum absolute atomic E-state index is 12.7. The lowest BCUT2D eigenvalue weighted by molar-refractivity contribution is 0.477. The molecule has 0 bridgehead atoms. The first-order valence-corrected chi connectivity index (χ1v) is 5.34. The Morgan fingerprint density at radius 3 is 2.36 bits per heavy atom. The molecule has 0 aliphatic carbocycles. The van der Waals surface area contributed by atoms with Crippen LogP contribution in [0.25, 0.3) is 0 Å². The van der Waals surface area contributed by atoms with Gasteiger partial charge in [-0.05, 0) is 28.1 Å². The summed E-state index contributed by atoms with van der Waals surface area (Å²) >= 11 is 9.37.